The van der Waals surface area contributed by atoms with Crippen molar-refractivity contribution in [3.8, 4) is 0 Å². The maximum Gasteiger partial charge on any atom is 0.231 e. The summed E-state index contributed by atoms with van der Waals surface area (Å²) in [6, 6.07) is 10.3. The average Bonchev–Trinajstić information content (AvgIpc) is 2.50. The first kappa shape index (κ1) is 24.9. The summed E-state index contributed by atoms with van der Waals surface area (Å²) in [4.78, 5) is 16.7. The second-order valence-electron chi connectivity index (χ2n) is 3.39. The fourth-order valence-electron chi connectivity index (χ4n) is 0.963. The lowest BCUT2D eigenvalue weighted by Gasteiger charge is -2.00. The van der Waals surface area contributed by atoms with Crippen molar-refractivity contribution < 1.29 is 24.2 Å². The van der Waals surface area contributed by atoms with Gasteiger partial charge < -0.3 is 14.6 Å². The molecule has 7 nitrogen and oxygen atoms in total. The molecular formula is C15H24N2O5. The summed E-state index contributed by atoms with van der Waals surface area (Å²) < 4.78 is 9.88. The van der Waals surface area contributed by atoms with Crippen molar-refractivity contribution >= 4 is 12.2 Å². The maximum absolute atomic E-state index is 8.35. The van der Waals surface area contributed by atoms with Crippen LogP contribution in [0.5, 0.6) is 0 Å². The molecule has 0 amide bonds. The number of rotatable bonds is 6. The van der Waals surface area contributed by atoms with E-state index in [1.807, 2.05) is 25.1 Å². The Bertz CT molecular complexity index is 355. The van der Waals surface area contributed by atoms with Crippen LogP contribution in [0.15, 0.2) is 30.3 Å². The van der Waals surface area contributed by atoms with Gasteiger partial charge in [0.15, 0.2) is 0 Å². The van der Waals surface area contributed by atoms with E-state index in [1.165, 1.54) is 5.56 Å². The van der Waals surface area contributed by atoms with Crippen molar-refractivity contribution in [1.29, 1.82) is 10.8 Å². The molecule has 1 aromatic rings. The van der Waals surface area contributed by atoms with Gasteiger partial charge in [0.05, 0.1) is 26.4 Å². The molecule has 124 valence electrons. The van der Waals surface area contributed by atoms with E-state index in [1.54, 1.807) is 0 Å². The number of nitrogens with one attached hydrogen (secondary N) is 2. The standard InChI is InChI=1S/C7H8.C6H14O3.2CHNO/c1-7-5-3-2-4-6-7;1-2-8-5-6-9-4-3-7;2*2-1-3/h2-6H,1H3;7H,2-6H2,1H3;2*2H. The highest BCUT2D eigenvalue weighted by molar-refractivity contribution is 5.26. The van der Waals surface area contributed by atoms with Crippen molar-refractivity contribution in [3.05, 3.63) is 35.9 Å². The lowest BCUT2D eigenvalue weighted by Crippen LogP contribution is -2.06. The lowest BCUT2D eigenvalue weighted by molar-refractivity contribution is 0.0370. The topological polar surface area (TPSA) is 121 Å². The van der Waals surface area contributed by atoms with Gasteiger partial charge in [-0.25, -0.2) is 20.4 Å². The van der Waals surface area contributed by atoms with Gasteiger partial charge in [0, 0.05) is 6.61 Å². The summed E-state index contributed by atoms with van der Waals surface area (Å²) in [6.45, 7) is 6.44. The van der Waals surface area contributed by atoms with Crippen LogP contribution in [0.25, 0.3) is 0 Å². The third-order valence-electron chi connectivity index (χ3n) is 1.75. The lowest BCUT2D eigenvalue weighted by atomic mass is 10.2. The zero-order chi connectivity index (χ0) is 17.5. The Morgan fingerprint density at radius 3 is 1.77 bits per heavy atom. The molecule has 0 aromatic heterocycles. The molecule has 1 rings (SSSR count). The Labute approximate surface area is 130 Å². The average molecular weight is 312 g/mol. The van der Waals surface area contributed by atoms with Crippen LogP contribution in [0.4, 0.5) is 0 Å². The van der Waals surface area contributed by atoms with Crippen molar-refractivity contribution in [2.24, 2.45) is 0 Å². The van der Waals surface area contributed by atoms with Gasteiger partial charge in [-0.2, -0.15) is 0 Å². The number of aliphatic hydroxyl groups excluding tert-OH is 1. The Morgan fingerprint density at radius 1 is 1.00 bits per heavy atom. The Balaban J connectivity index is -0.000000246. The number of isocyanates is 2. The molecule has 1 aromatic carbocycles. The van der Waals surface area contributed by atoms with Crippen LogP contribution in [0.1, 0.15) is 12.5 Å². The van der Waals surface area contributed by atoms with Crippen LogP contribution in [0.3, 0.4) is 0 Å². The van der Waals surface area contributed by atoms with Crippen LogP contribution in [-0.2, 0) is 19.1 Å². The molecule has 0 atom stereocenters. The molecule has 0 radical (unpaired) electrons. The summed E-state index contributed by atoms with van der Waals surface area (Å²) in [5, 5.41) is 19.1. The number of carbonyl (C=O) groups excluding carboxylic acids is 2. The van der Waals surface area contributed by atoms with Crippen LogP contribution >= 0.6 is 0 Å². The first-order valence-electron chi connectivity index (χ1n) is 6.50. The predicted molar refractivity (Wildman–Crippen MR) is 82.4 cm³/mol. The van der Waals surface area contributed by atoms with Gasteiger partial charge in [0.1, 0.15) is 0 Å². The SMILES string of the molecule is CCOCCOCCO.Cc1ccccc1.N=C=O.N=C=O. The van der Waals surface area contributed by atoms with Crippen LogP contribution in [0, 0.1) is 17.7 Å². The third-order valence-corrected chi connectivity index (χ3v) is 1.75. The molecule has 0 aliphatic rings. The van der Waals surface area contributed by atoms with Gasteiger partial charge in [0.2, 0.25) is 12.2 Å². The summed E-state index contributed by atoms with van der Waals surface area (Å²) in [5.74, 6) is 0. The highest BCUT2D eigenvalue weighted by Crippen LogP contribution is 1.92. The van der Waals surface area contributed by atoms with Gasteiger partial charge in [-0.05, 0) is 13.8 Å². The summed E-state index contributed by atoms with van der Waals surface area (Å²) in [6.07, 6.45) is 1.50. The van der Waals surface area contributed by atoms with Crippen molar-refractivity contribution in [1.82, 2.24) is 0 Å². The predicted octanol–water partition coefficient (Wildman–Crippen LogP) is 1.83. The Morgan fingerprint density at radius 2 is 1.45 bits per heavy atom. The molecule has 0 bridgehead atoms. The molecule has 3 N–H and O–H groups in total. The minimum absolute atomic E-state index is 0.0894. The van der Waals surface area contributed by atoms with E-state index in [0.29, 0.717) is 19.8 Å². The number of aryl methyl sites for hydroxylation is 1. The van der Waals surface area contributed by atoms with Gasteiger partial charge in [-0.1, -0.05) is 35.9 Å². The van der Waals surface area contributed by atoms with Crippen LogP contribution in [-0.4, -0.2) is 50.3 Å². The largest absolute Gasteiger partial charge is 0.394 e. The highest BCUT2D eigenvalue weighted by Gasteiger charge is 1.84. The second kappa shape index (κ2) is 27.2. The van der Waals surface area contributed by atoms with Crippen molar-refractivity contribution in [3.63, 3.8) is 0 Å². The molecule has 0 aliphatic carbocycles. The first-order chi connectivity index (χ1) is 10.6. The van der Waals surface area contributed by atoms with Gasteiger partial charge in [-0.15, -0.1) is 0 Å². The summed E-state index contributed by atoms with van der Waals surface area (Å²) in [7, 11) is 0. The van der Waals surface area contributed by atoms with Crippen molar-refractivity contribution in [2.45, 2.75) is 13.8 Å². The molecule has 0 saturated heterocycles. The quantitative estimate of drug-likeness (QED) is 0.420. The first-order valence-corrected chi connectivity index (χ1v) is 6.50. The molecule has 22 heavy (non-hydrogen) atoms. The summed E-state index contributed by atoms with van der Waals surface area (Å²) in [5.41, 5.74) is 1.32. The molecule has 7 heteroatoms. The fourth-order valence-corrected chi connectivity index (χ4v) is 0.963. The molecule has 0 unspecified atom stereocenters. The zero-order valence-corrected chi connectivity index (χ0v) is 13.0. The summed E-state index contributed by atoms with van der Waals surface area (Å²) >= 11 is 0. The Hall–Kier alpha value is -2.14. The number of benzene rings is 1. The van der Waals surface area contributed by atoms with Crippen LogP contribution < -0.4 is 0 Å². The normalized spacial score (nSPS) is 7.59. The third kappa shape index (κ3) is 36.1. The van der Waals surface area contributed by atoms with Crippen molar-refractivity contribution in [2.75, 3.05) is 33.0 Å². The monoisotopic (exact) mass is 312 g/mol. The minimum atomic E-state index is 0.0894. The van der Waals surface area contributed by atoms with Gasteiger partial charge in [0.25, 0.3) is 0 Å². The van der Waals surface area contributed by atoms with E-state index in [9.17, 15) is 0 Å². The van der Waals surface area contributed by atoms with Gasteiger partial charge in [-0.3, -0.25) is 0 Å². The highest BCUT2D eigenvalue weighted by atomic mass is 16.5. The van der Waals surface area contributed by atoms with Crippen LogP contribution in [0.2, 0.25) is 0 Å². The molecule has 0 fully saturated rings. The zero-order valence-electron chi connectivity index (χ0n) is 13.0. The molecule has 0 saturated carbocycles. The number of hydrogen-bond acceptors (Lipinski definition) is 7. The smallest absolute Gasteiger partial charge is 0.231 e. The van der Waals surface area contributed by atoms with E-state index in [2.05, 4.69) is 19.1 Å². The fraction of sp³-hybridized carbons (Fsp3) is 0.467. The minimum Gasteiger partial charge on any atom is -0.394 e. The number of aliphatic hydroxyl groups is 1. The van der Waals surface area contributed by atoms with E-state index in [-0.39, 0.29) is 6.61 Å². The maximum atomic E-state index is 8.35. The van der Waals surface area contributed by atoms with Gasteiger partial charge >= 0.3 is 0 Å². The Kier molecular flexibility index (Phi) is 30.8. The number of ether oxygens (including phenoxy) is 2. The van der Waals surface area contributed by atoms with E-state index in [0.717, 1.165) is 18.8 Å². The molecule has 0 spiro atoms. The van der Waals surface area contributed by atoms with E-state index < -0.39 is 0 Å². The molecule has 0 heterocycles. The molecule has 0 aliphatic heterocycles. The molecular weight excluding hydrogens is 288 g/mol. The van der Waals surface area contributed by atoms with E-state index in [4.69, 9.17) is 35.0 Å². The second-order valence-corrected chi connectivity index (χ2v) is 3.39. The number of hydrogen-bond donors (Lipinski definition) is 3. The van der Waals surface area contributed by atoms with E-state index >= 15 is 0 Å².